The number of aromatic nitrogens is 2. The van der Waals surface area contributed by atoms with Crippen LogP contribution in [0.4, 0.5) is 16.4 Å². The first kappa shape index (κ1) is 22.9. The molecule has 0 saturated heterocycles. The van der Waals surface area contributed by atoms with Gasteiger partial charge in [0.2, 0.25) is 5.95 Å². The number of benzene rings is 2. The number of imidazole rings is 1. The minimum atomic E-state index is -4.02. The van der Waals surface area contributed by atoms with Gasteiger partial charge in [0.05, 0.1) is 11.0 Å². The molecule has 0 unspecified atom stereocenters. The molecular formula is C22H27N5O5S. The van der Waals surface area contributed by atoms with E-state index in [0.717, 1.165) is 18.5 Å². The van der Waals surface area contributed by atoms with Crippen LogP contribution in [0.2, 0.25) is 0 Å². The van der Waals surface area contributed by atoms with Gasteiger partial charge in [0.1, 0.15) is 10.6 Å². The summed E-state index contributed by atoms with van der Waals surface area (Å²) in [6, 6.07) is 11.1. The van der Waals surface area contributed by atoms with Gasteiger partial charge < -0.3 is 24.9 Å². The van der Waals surface area contributed by atoms with Gasteiger partial charge in [-0.3, -0.25) is 5.32 Å². The summed E-state index contributed by atoms with van der Waals surface area (Å²) in [5, 5.41) is 17.3. The van der Waals surface area contributed by atoms with E-state index < -0.39 is 16.1 Å². The van der Waals surface area contributed by atoms with Crippen LogP contribution in [0.25, 0.3) is 11.0 Å². The number of aromatic amines is 1. The lowest BCUT2D eigenvalue weighted by molar-refractivity contribution is 0.248. The molecular weight excluding hydrogens is 446 g/mol. The Balaban J connectivity index is 1.41. The molecule has 4 rings (SSSR count). The molecule has 0 aliphatic heterocycles. The average Bonchev–Trinajstić information content (AvgIpc) is 3.43. The molecule has 10 nitrogen and oxygen atoms in total. The molecule has 1 saturated carbocycles. The van der Waals surface area contributed by atoms with Gasteiger partial charge in [-0.25, -0.2) is 9.78 Å². The number of nitrogens with one attached hydrogen (secondary N) is 4. The minimum absolute atomic E-state index is 0.0158. The molecule has 2 amide bonds. The van der Waals surface area contributed by atoms with E-state index in [-0.39, 0.29) is 23.2 Å². The summed E-state index contributed by atoms with van der Waals surface area (Å²) in [6.45, 7) is 0.314. The summed E-state index contributed by atoms with van der Waals surface area (Å²) >= 11 is 0. The van der Waals surface area contributed by atoms with Crippen LogP contribution in [0.3, 0.4) is 0 Å². The zero-order valence-electron chi connectivity index (χ0n) is 18.0. The van der Waals surface area contributed by atoms with E-state index >= 15 is 0 Å². The van der Waals surface area contributed by atoms with Gasteiger partial charge in [0.25, 0.3) is 0 Å². The first-order valence-corrected chi connectivity index (χ1v) is 12.3. The van der Waals surface area contributed by atoms with Crippen molar-refractivity contribution in [3.8, 4) is 5.75 Å². The second-order valence-electron chi connectivity index (χ2n) is 7.91. The number of carbonyl (C=O) groups excluding carboxylic acids is 1. The smallest absolute Gasteiger partial charge is 0.339 e. The number of carbonyl (C=O) groups is 1. The van der Waals surface area contributed by atoms with Crippen molar-refractivity contribution in [2.24, 2.45) is 0 Å². The Morgan fingerprint density at radius 1 is 1.15 bits per heavy atom. The molecule has 0 radical (unpaired) electrons. The lowest BCUT2D eigenvalue weighted by Gasteiger charge is -2.14. The maximum absolute atomic E-state index is 12.7. The molecule has 1 fully saturated rings. The van der Waals surface area contributed by atoms with Gasteiger partial charge in [-0.2, -0.15) is 8.42 Å². The van der Waals surface area contributed by atoms with Crippen molar-refractivity contribution in [3.05, 3.63) is 42.5 Å². The van der Waals surface area contributed by atoms with Crippen molar-refractivity contribution in [1.29, 1.82) is 0 Å². The predicted octanol–water partition coefficient (Wildman–Crippen LogP) is 3.19. The van der Waals surface area contributed by atoms with Crippen LogP contribution in [0.15, 0.2) is 47.4 Å². The number of fused-ring (bicyclic) bond motifs is 1. The fraction of sp³-hybridized carbons (Fsp3) is 0.364. The summed E-state index contributed by atoms with van der Waals surface area (Å²) in [5.41, 5.74) is 1.93. The summed E-state index contributed by atoms with van der Waals surface area (Å²) < 4.78 is 30.7. The largest absolute Gasteiger partial charge is 0.396 e. The van der Waals surface area contributed by atoms with E-state index in [1.54, 1.807) is 18.2 Å². The number of amides is 2. The van der Waals surface area contributed by atoms with Crippen LogP contribution >= 0.6 is 0 Å². The third kappa shape index (κ3) is 5.93. The van der Waals surface area contributed by atoms with Crippen molar-refractivity contribution >= 4 is 38.8 Å². The van der Waals surface area contributed by atoms with E-state index in [0.29, 0.717) is 30.0 Å². The van der Waals surface area contributed by atoms with Gasteiger partial charge in [-0.15, -0.1) is 0 Å². The molecule has 0 atom stereocenters. The number of aliphatic hydroxyl groups excluding tert-OH is 1. The molecule has 0 spiro atoms. The van der Waals surface area contributed by atoms with Gasteiger partial charge in [-0.1, -0.05) is 12.8 Å². The van der Waals surface area contributed by atoms with Gasteiger partial charge in [-0.05, 0) is 55.7 Å². The zero-order chi connectivity index (χ0) is 23.3. The van der Waals surface area contributed by atoms with Gasteiger partial charge >= 0.3 is 16.1 Å². The van der Waals surface area contributed by atoms with Crippen LogP contribution in [0.1, 0.15) is 32.1 Å². The van der Waals surface area contributed by atoms with Crippen LogP contribution in [0, 0.1) is 0 Å². The molecule has 3 aromatic rings. The zero-order valence-corrected chi connectivity index (χ0v) is 18.8. The van der Waals surface area contributed by atoms with Crippen molar-refractivity contribution in [3.63, 3.8) is 0 Å². The fourth-order valence-corrected chi connectivity index (χ4v) is 4.65. The molecule has 1 heterocycles. The fourth-order valence-electron chi connectivity index (χ4n) is 3.73. The number of hydrogen-bond acceptors (Lipinski definition) is 7. The average molecular weight is 474 g/mol. The Hall–Kier alpha value is -3.31. The number of rotatable bonds is 9. The van der Waals surface area contributed by atoms with Crippen LogP contribution < -0.4 is 20.1 Å². The normalized spacial score (nSPS) is 14.3. The lowest BCUT2D eigenvalue weighted by Crippen LogP contribution is -2.30. The third-order valence-electron chi connectivity index (χ3n) is 5.38. The number of urea groups is 1. The topological polar surface area (TPSA) is 145 Å². The van der Waals surface area contributed by atoms with Gasteiger partial charge in [0, 0.05) is 30.9 Å². The first-order chi connectivity index (χ1) is 15.9. The highest BCUT2D eigenvalue weighted by atomic mass is 32.2. The highest BCUT2D eigenvalue weighted by molar-refractivity contribution is 7.87. The van der Waals surface area contributed by atoms with Crippen molar-refractivity contribution in [2.75, 3.05) is 23.8 Å². The van der Waals surface area contributed by atoms with Crippen LogP contribution in [-0.2, 0) is 10.1 Å². The molecule has 1 aromatic heterocycles. The summed E-state index contributed by atoms with van der Waals surface area (Å²) in [5.74, 6) is 0.318. The molecule has 0 bridgehead atoms. The standard InChI is InChI=1S/C22H27N5O5S/c28-13-3-12-23-22(29)27-21-25-19-11-8-17(14-20(19)26-21)32-33(30,31)18-9-6-16(7-10-18)24-15-4-1-2-5-15/h6-11,14-15,24,28H,1-5,12-13H2,(H3,23,25,26,27,29). The Kier molecular flexibility index (Phi) is 6.99. The third-order valence-corrected chi connectivity index (χ3v) is 6.64. The van der Waals surface area contributed by atoms with E-state index in [1.165, 1.54) is 37.1 Å². The van der Waals surface area contributed by atoms with E-state index in [1.807, 2.05) is 0 Å². The van der Waals surface area contributed by atoms with E-state index in [4.69, 9.17) is 9.29 Å². The highest BCUT2D eigenvalue weighted by Gasteiger charge is 2.19. The first-order valence-electron chi connectivity index (χ1n) is 10.9. The minimum Gasteiger partial charge on any atom is -0.396 e. The number of nitrogens with zero attached hydrogens (tertiary/aromatic N) is 1. The van der Waals surface area contributed by atoms with Crippen LogP contribution in [0.5, 0.6) is 5.75 Å². The Morgan fingerprint density at radius 3 is 2.64 bits per heavy atom. The molecule has 11 heteroatoms. The number of anilines is 2. The summed E-state index contributed by atoms with van der Waals surface area (Å²) in [6.07, 6.45) is 5.14. The highest BCUT2D eigenvalue weighted by Crippen LogP contribution is 2.26. The SMILES string of the molecule is O=C(NCCCO)Nc1nc2cc(OS(=O)(=O)c3ccc(NC4CCCC4)cc3)ccc2[nH]1. The van der Waals surface area contributed by atoms with Gasteiger partial charge in [0.15, 0.2) is 0 Å². The number of aliphatic hydroxyl groups is 1. The Bertz CT molecular complexity index is 1200. The van der Waals surface area contributed by atoms with E-state index in [2.05, 4.69) is 25.9 Å². The predicted molar refractivity (Wildman–Crippen MR) is 125 cm³/mol. The maximum Gasteiger partial charge on any atom is 0.339 e. The molecule has 33 heavy (non-hydrogen) atoms. The maximum atomic E-state index is 12.7. The Labute approximate surface area is 191 Å². The van der Waals surface area contributed by atoms with E-state index in [9.17, 15) is 13.2 Å². The second kappa shape index (κ2) is 10.1. The van der Waals surface area contributed by atoms with Crippen molar-refractivity contribution in [1.82, 2.24) is 15.3 Å². The monoisotopic (exact) mass is 473 g/mol. The summed E-state index contributed by atoms with van der Waals surface area (Å²) in [4.78, 5) is 19.1. The molecule has 176 valence electrons. The van der Waals surface area contributed by atoms with Crippen molar-refractivity contribution in [2.45, 2.75) is 43.0 Å². The molecule has 1 aliphatic rings. The quantitative estimate of drug-likeness (QED) is 0.237. The number of hydrogen-bond donors (Lipinski definition) is 5. The second-order valence-corrected chi connectivity index (χ2v) is 9.46. The lowest BCUT2D eigenvalue weighted by atomic mass is 10.2. The molecule has 5 N–H and O–H groups in total. The molecule has 1 aliphatic carbocycles. The Morgan fingerprint density at radius 2 is 1.91 bits per heavy atom. The summed E-state index contributed by atoms with van der Waals surface area (Å²) in [7, 11) is -4.02. The number of H-pyrrole nitrogens is 1. The molecule has 2 aromatic carbocycles. The van der Waals surface area contributed by atoms with Crippen molar-refractivity contribution < 1.29 is 22.5 Å². The van der Waals surface area contributed by atoms with Crippen LogP contribution in [-0.4, -0.2) is 48.7 Å².